The molecule has 0 aliphatic heterocycles. The summed E-state index contributed by atoms with van der Waals surface area (Å²) in [6, 6.07) is 0. The molecule has 0 unspecified atom stereocenters. The molecule has 0 aromatic rings. The van der Waals surface area contributed by atoms with Gasteiger partial charge in [0.2, 0.25) is 0 Å². The second-order valence-electron chi connectivity index (χ2n) is 2.24. The highest BCUT2D eigenvalue weighted by atomic mass is 19.3. The monoisotopic (exact) mass is 152 g/mol. The van der Waals surface area contributed by atoms with Crippen molar-refractivity contribution in [1.29, 1.82) is 0 Å². The zero-order valence-corrected chi connectivity index (χ0v) is 6.38. The van der Waals surface area contributed by atoms with Crippen LogP contribution in [0.4, 0.5) is 8.78 Å². The summed E-state index contributed by atoms with van der Waals surface area (Å²) in [7, 11) is 3.18. The first-order valence-electron chi connectivity index (χ1n) is 3.29. The van der Waals surface area contributed by atoms with E-state index in [0.29, 0.717) is 6.54 Å². The van der Waals surface area contributed by atoms with Crippen LogP contribution in [0.2, 0.25) is 0 Å². The third-order valence-electron chi connectivity index (χ3n) is 1.18. The van der Waals surface area contributed by atoms with Crippen LogP contribution in [-0.4, -0.2) is 33.1 Å². The number of nitrogens with one attached hydrogen (secondary N) is 2. The highest BCUT2D eigenvalue weighted by molar-refractivity contribution is 4.68. The Bertz CT molecular complexity index is 85.8. The Balaban J connectivity index is 3.42. The smallest absolute Gasteiger partial charge is 0.261 e. The summed E-state index contributed by atoms with van der Waals surface area (Å²) in [5, 5.41) is 5.11. The zero-order chi connectivity index (χ0) is 8.04. The van der Waals surface area contributed by atoms with E-state index in [1.54, 1.807) is 7.05 Å². The molecule has 0 heterocycles. The molecule has 0 bridgehead atoms. The number of hydrogen-bond acceptors (Lipinski definition) is 2. The molecule has 2 N–H and O–H groups in total. The van der Waals surface area contributed by atoms with E-state index < -0.39 is 5.92 Å². The predicted octanol–water partition coefficient (Wildman–Crippen LogP) is 0.451. The topological polar surface area (TPSA) is 24.1 Å². The van der Waals surface area contributed by atoms with Crippen LogP contribution in [-0.2, 0) is 0 Å². The van der Waals surface area contributed by atoms with Crippen molar-refractivity contribution >= 4 is 0 Å². The van der Waals surface area contributed by atoms with Crippen LogP contribution in [0.5, 0.6) is 0 Å². The Morgan fingerprint density at radius 1 is 1.20 bits per heavy atom. The molecule has 0 saturated heterocycles. The molecule has 0 atom stereocenters. The van der Waals surface area contributed by atoms with Crippen LogP contribution in [0, 0.1) is 0 Å². The number of rotatable bonds is 5. The molecule has 0 aromatic carbocycles. The minimum atomic E-state index is -2.57. The molecule has 0 rings (SSSR count). The van der Waals surface area contributed by atoms with Crippen molar-refractivity contribution in [1.82, 2.24) is 10.6 Å². The molecule has 0 radical (unpaired) electrons. The Hall–Kier alpha value is -0.220. The lowest BCUT2D eigenvalue weighted by molar-refractivity contribution is -0.00367. The van der Waals surface area contributed by atoms with Gasteiger partial charge in [0.1, 0.15) is 0 Å². The van der Waals surface area contributed by atoms with Gasteiger partial charge in [-0.05, 0) is 14.1 Å². The van der Waals surface area contributed by atoms with Crippen LogP contribution in [0.25, 0.3) is 0 Å². The molecule has 0 fully saturated rings. The fourth-order valence-electron chi connectivity index (χ4n) is 0.655. The van der Waals surface area contributed by atoms with Crippen LogP contribution in [0.15, 0.2) is 0 Å². The Morgan fingerprint density at radius 2 is 1.80 bits per heavy atom. The van der Waals surface area contributed by atoms with Gasteiger partial charge in [-0.1, -0.05) is 0 Å². The van der Waals surface area contributed by atoms with Gasteiger partial charge >= 0.3 is 0 Å². The van der Waals surface area contributed by atoms with Crippen LogP contribution >= 0.6 is 0 Å². The minimum Gasteiger partial charge on any atom is -0.320 e. The summed E-state index contributed by atoms with van der Waals surface area (Å²) in [6.07, 6.45) is -0.107. The van der Waals surface area contributed by atoms with E-state index in [0.717, 1.165) is 0 Å². The summed E-state index contributed by atoms with van der Waals surface area (Å²) < 4.78 is 25.0. The molecule has 0 amide bonds. The van der Waals surface area contributed by atoms with Crippen molar-refractivity contribution in [2.24, 2.45) is 0 Å². The first kappa shape index (κ1) is 9.78. The Kier molecular flexibility index (Phi) is 4.47. The van der Waals surface area contributed by atoms with Gasteiger partial charge in [-0.15, -0.1) is 0 Å². The highest BCUT2D eigenvalue weighted by Gasteiger charge is 2.26. The summed E-state index contributed by atoms with van der Waals surface area (Å²) in [4.78, 5) is 0. The highest BCUT2D eigenvalue weighted by Crippen LogP contribution is 2.15. The van der Waals surface area contributed by atoms with Gasteiger partial charge in [0.15, 0.2) is 0 Å². The summed E-state index contributed by atoms with van der Waals surface area (Å²) in [6.45, 7) is 0.114. The van der Waals surface area contributed by atoms with E-state index in [2.05, 4.69) is 10.6 Å². The number of hydrogen-bond donors (Lipinski definition) is 2. The van der Waals surface area contributed by atoms with Gasteiger partial charge in [0.25, 0.3) is 5.92 Å². The molecule has 4 heteroatoms. The van der Waals surface area contributed by atoms with Gasteiger partial charge < -0.3 is 10.6 Å². The van der Waals surface area contributed by atoms with Crippen LogP contribution < -0.4 is 10.6 Å². The summed E-state index contributed by atoms with van der Waals surface area (Å²) >= 11 is 0. The molecule has 2 nitrogen and oxygen atoms in total. The average Bonchev–Trinajstić information content (AvgIpc) is 1.84. The van der Waals surface area contributed by atoms with E-state index >= 15 is 0 Å². The third kappa shape index (κ3) is 4.64. The molecule has 62 valence electrons. The number of halogens is 2. The van der Waals surface area contributed by atoms with E-state index in [-0.39, 0.29) is 13.0 Å². The second kappa shape index (κ2) is 4.57. The molecule has 10 heavy (non-hydrogen) atoms. The predicted molar refractivity (Wildman–Crippen MR) is 37.4 cm³/mol. The Morgan fingerprint density at radius 3 is 2.20 bits per heavy atom. The van der Waals surface area contributed by atoms with Crippen molar-refractivity contribution in [3.8, 4) is 0 Å². The van der Waals surface area contributed by atoms with E-state index in [9.17, 15) is 8.78 Å². The standard InChI is InChI=1S/C6H14F2N2/c1-9-4-3-6(7,8)5-10-2/h9-10H,3-5H2,1-2H3. The maximum Gasteiger partial charge on any atom is 0.261 e. The molecule has 0 spiro atoms. The van der Waals surface area contributed by atoms with E-state index in [4.69, 9.17) is 0 Å². The fourth-order valence-corrected chi connectivity index (χ4v) is 0.655. The molecule has 0 aromatic heterocycles. The first-order chi connectivity index (χ1) is 4.62. The van der Waals surface area contributed by atoms with E-state index in [1.807, 2.05) is 0 Å². The Labute approximate surface area is 60.0 Å². The molecular weight excluding hydrogens is 138 g/mol. The first-order valence-corrected chi connectivity index (χ1v) is 3.29. The van der Waals surface area contributed by atoms with Gasteiger partial charge in [-0.25, -0.2) is 8.78 Å². The van der Waals surface area contributed by atoms with Crippen molar-refractivity contribution in [3.05, 3.63) is 0 Å². The molecule has 0 saturated carbocycles. The lowest BCUT2D eigenvalue weighted by atomic mass is 10.2. The van der Waals surface area contributed by atoms with E-state index in [1.165, 1.54) is 7.05 Å². The van der Waals surface area contributed by atoms with Crippen molar-refractivity contribution < 1.29 is 8.78 Å². The molecule has 0 aliphatic rings. The molecular formula is C6H14F2N2. The quantitative estimate of drug-likeness (QED) is 0.597. The third-order valence-corrected chi connectivity index (χ3v) is 1.18. The largest absolute Gasteiger partial charge is 0.320 e. The van der Waals surface area contributed by atoms with Crippen LogP contribution in [0.1, 0.15) is 6.42 Å². The number of alkyl halides is 2. The minimum absolute atomic E-state index is 0.107. The van der Waals surface area contributed by atoms with Crippen molar-refractivity contribution in [2.45, 2.75) is 12.3 Å². The summed E-state index contributed by atoms with van der Waals surface area (Å²) in [5.74, 6) is -2.57. The van der Waals surface area contributed by atoms with Crippen LogP contribution in [0.3, 0.4) is 0 Å². The second-order valence-corrected chi connectivity index (χ2v) is 2.24. The maximum absolute atomic E-state index is 12.5. The van der Waals surface area contributed by atoms with Crippen molar-refractivity contribution in [2.75, 3.05) is 27.2 Å². The maximum atomic E-state index is 12.5. The van der Waals surface area contributed by atoms with Gasteiger partial charge in [0.05, 0.1) is 6.54 Å². The lowest BCUT2D eigenvalue weighted by Gasteiger charge is -2.14. The summed E-state index contributed by atoms with van der Waals surface area (Å²) in [5.41, 5.74) is 0. The van der Waals surface area contributed by atoms with Crippen molar-refractivity contribution in [3.63, 3.8) is 0 Å². The lowest BCUT2D eigenvalue weighted by Crippen LogP contribution is -2.33. The zero-order valence-electron chi connectivity index (χ0n) is 6.38. The fraction of sp³-hybridized carbons (Fsp3) is 1.00. The van der Waals surface area contributed by atoms with Gasteiger partial charge in [0, 0.05) is 13.0 Å². The normalized spacial score (nSPS) is 12.0. The SMILES string of the molecule is CNCCC(F)(F)CNC. The van der Waals surface area contributed by atoms with Gasteiger partial charge in [-0.3, -0.25) is 0 Å². The van der Waals surface area contributed by atoms with Gasteiger partial charge in [-0.2, -0.15) is 0 Å². The molecule has 0 aliphatic carbocycles. The average molecular weight is 152 g/mol.